The van der Waals surface area contributed by atoms with Crippen LogP contribution >= 0.6 is 0 Å². The summed E-state index contributed by atoms with van der Waals surface area (Å²) < 4.78 is 0. The third-order valence-corrected chi connectivity index (χ3v) is 2.68. The van der Waals surface area contributed by atoms with Crippen LogP contribution in [0.3, 0.4) is 0 Å². The predicted molar refractivity (Wildman–Crippen MR) is 52.6 cm³/mol. The van der Waals surface area contributed by atoms with Crippen molar-refractivity contribution >= 4 is 0 Å². The molecule has 3 nitrogen and oxygen atoms in total. The van der Waals surface area contributed by atoms with Crippen molar-refractivity contribution in [2.45, 2.75) is 39.2 Å². The van der Waals surface area contributed by atoms with E-state index in [-0.39, 0.29) is 0 Å². The summed E-state index contributed by atoms with van der Waals surface area (Å²) in [5, 5.41) is 10.8. The molecule has 0 atom stereocenters. The van der Waals surface area contributed by atoms with E-state index in [1.165, 1.54) is 42.6 Å². The smallest absolute Gasteiger partial charge is 0.0794 e. The van der Waals surface area contributed by atoms with Gasteiger partial charge in [-0.05, 0) is 37.8 Å². The Labute approximate surface area is 78.9 Å². The minimum Gasteiger partial charge on any atom is -0.311 e. The lowest BCUT2D eigenvalue weighted by molar-refractivity contribution is 0.662. The number of nitrogens with one attached hydrogen (secondary N) is 2. The van der Waals surface area contributed by atoms with Crippen LogP contribution in [0.2, 0.25) is 0 Å². The standard InChI is InChI=1S/C10H17N3/c1-2-11-7-10-8-5-3-4-6-9(8)12-13-10/h11H,2-7H2,1H3,(H,12,13). The zero-order valence-corrected chi connectivity index (χ0v) is 8.19. The lowest BCUT2D eigenvalue weighted by Gasteiger charge is -2.10. The molecule has 0 aromatic carbocycles. The van der Waals surface area contributed by atoms with Gasteiger partial charge in [-0.25, -0.2) is 0 Å². The average Bonchev–Trinajstić information content (AvgIpc) is 2.58. The molecular weight excluding hydrogens is 162 g/mol. The van der Waals surface area contributed by atoms with Crippen molar-refractivity contribution in [1.29, 1.82) is 0 Å². The largest absolute Gasteiger partial charge is 0.311 e. The zero-order chi connectivity index (χ0) is 9.10. The molecule has 0 unspecified atom stereocenters. The Morgan fingerprint density at radius 2 is 2.23 bits per heavy atom. The number of aryl methyl sites for hydroxylation is 1. The highest BCUT2D eigenvalue weighted by atomic mass is 15.1. The lowest BCUT2D eigenvalue weighted by Crippen LogP contribution is -2.14. The first-order valence-electron chi connectivity index (χ1n) is 5.17. The molecule has 0 radical (unpaired) electrons. The molecular formula is C10H17N3. The Morgan fingerprint density at radius 3 is 3.08 bits per heavy atom. The Bertz CT molecular complexity index is 278. The minimum atomic E-state index is 0.919. The first kappa shape index (κ1) is 8.75. The Balaban J connectivity index is 2.12. The molecule has 0 amide bonds. The fourth-order valence-electron chi connectivity index (χ4n) is 1.94. The van der Waals surface area contributed by atoms with Crippen LogP contribution in [0.1, 0.15) is 36.7 Å². The Morgan fingerprint density at radius 1 is 1.38 bits per heavy atom. The van der Waals surface area contributed by atoms with Gasteiger partial charge in [-0.2, -0.15) is 5.10 Å². The molecule has 1 aliphatic carbocycles. The van der Waals surface area contributed by atoms with E-state index in [1.807, 2.05) is 0 Å². The Hall–Kier alpha value is -0.830. The van der Waals surface area contributed by atoms with E-state index >= 15 is 0 Å². The first-order chi connectivity index (χ1) is 6.42. The Kier molecular flexibility index (Phi) is 2.64. The van der Waals surface area contributed by atoms with Crippen LogP contribution in [0.15, 0.2) is 0 Å². The molecule has 1 aromatic heterocycles. The molecule has 72 valence electrons. The van der Waals surface area contributed by atoms with Gasteiger partial charge in [0.1, 0.15) is 0 Å². The van der Waals surface area contributed by atoms with Gasteiger partial charge in [0.25, 0.3) is 0 Å². The van der Waals surface area contributed by atoms with Crippen molar-refractivity contribution in [3.63, 3.8) is 0 Å². The molecule has 0 saturated heterocycles. The zero-order valence-electron chi connectivity index (χ0n) is 8.19. The molecule has 0 spiro atoms. The van der Waals surface area contributed by atoms with E-state index in [0.717, 1.165) is 13.1 Å². The van der Waals surface area contributed by atoms with Gasteiger partial charge in [-0.15, -0.1) is 0 Å². The second kappa shape index (κ2) is 3.92. The molecule has 13 heavy (non-hydrogen) atoms. The van der Waals surface area contributed by atoms with Crippen molar-refractivity contribution in [3.8, 4) is 0 Å². The van der Waals surface area contributed by atoms with E-state index in [4.69, 9.17) is 0 Å². The highest BCUT2D eigenvalue weighted by Gasteiger charge is 2.15. The molecule has 2 N–H and O–H groups in total. The van der Waals surface area contributed by atoms with Gasteiger partial charge in [0, 0.05) is 12.2 Å². The molecule has 1 aromatic rings. The number of H-pyrrole nitrogens is 1. The molecule has 1 heterocycles. The van der Waals surface area contributed by atoms with Crippen LogP contribution in [0, 0.1) is 0 Å². The van der Waals surface area contributed by atoms with Crippen molar-refractivity contribution < 1.29 is 0 Å². The second-order valence-electron chi connectivity index (χ2n) is 3.61. The van der Waals surface area contributed by atoms with Gasteiger partial charge >= 0.3 is 0 Å². The summed E-state index contributed by atoms with van der Waals surface area (Å²) in [5.74, 6) is 0. The van der Waals surface area contributed by atoms with E-state index in [1.54, 1.807) is 0 Å². The van der Waals surface area contributed by atoms with E-state index in [0.29, 0.717) is 0 Å². The maximum absolute atomic E-state index is 4.35. The third kappa shape index (κ3) is 1.75. The number of rotatable bonds is 3. The highest BCUT2D eigenvalue weighted by Crippen LogP contribution is 2.21. The molecule has 2 rings (SSSR count). The summed E-state index contributed by atoms with van der Waals surface area (Å²) in [6.07, 6.45) is 5.04. The van der Waals surface area contributed by atoms with Crippen LogP contribution in [0.5, 0.6) is 0 Å². The molecule has 1 aliphatic rings. The number of aromatic amines is 1. The summed E-state index contributed by atoms with van der Waals surface area (Å²) in [4.78, 5) is 0. The van der Waals surface area contributed by atoms with Crippen molar-refractivity contribution in [1.82, 2.24) is 15.5 Å². The van der Waals surface area contributed by atoms with E-state index in [9.17, 15) is 0 Å². The van der Waals surface area contributed by atoms with Crippen LogP contribution in [0.4, 0.5) is 0 Å². The van der Waals surface area contributed by atoms with Gasteiger partial charge in [0.05, 0.1) is 5.69 Å². The topological polar surface area (TPSA) is 40.7 Å². The van der Waals surface area contributed by atoms with Gasteiger partial charge in [-0.3, -0.25) is 5.10 Å². The SMILES string of the molecule is CCNCc1n[nH]c2c1CCCC2. The fourth-order valence-corrected chi connectivity index (χ4v) is 1.94. The summed E-state index contributed by atoms with van der Waals surface area (Å²) in [7, 11) is 0. The second-order valence-corrected chi connectivity index (χ2v) is 3.61. The van der Waals surface area contributed by atoms with E-state index < -0.39 is 0 Å². The predicted octanol–water partition coefficient (Wildman–Crippen LogP) is 1.40. The quantitative estimate of drug-likeness (QED) is 0.736. The number of nitrogens with zero attached hydrogens (tertiary/aromatic N) is 1. The van der Waals surface area contributed by atoms with Gasteiger partial charge in [-0.1, -0.05) is 6.92 Å². The number of hydrogen-bond donors (Lipinski definition) is 2. The highest BCUT2D eigenvalue weighted by molar-refractivity contribution is 5.27. The molecule has 0 aliphatic heterocycles. The normalized spacial score (nSPS) is 15.8. The number of aromatic nitrogens is 2. The monoisotopic (exact) mass is 179 g/mol. The van der Waals surface area contributed by atoms with Crippen LogP contribution in [-0.2, 0) is 19.4 Å². The first-order valence-corrected chi connectivity index (χ1v) is 5.17. The summed E-state index contributed by atoms with van der Waals surface area (Å²) in [6.45, 7) is 4.06. The van der Waals surface area contributed by atoms with Crippen LogP contribution < -0.4 is 5.32 Å². The summed E-state index contributed by atoms with van der Waals surface area (Å²) in [6, 6.07) is 0. The lowest BCUT2D eigenvalue weighted by atomic mass is 9.96. The van der Waals surface area contributed by atoms with Crippen molar-refractivity contribution in [2.75, 3.05) is 6.54 Å². The van der Waals surface area contributed by atoms with Gasteiger partial charge in [0.15, 0.2) is 0 Å². The molecule has 3 heteroatoms. The number of fused-ring (bicyclic) bond motifs is 1. The average molecular weight is 179 g/mol. The molecule has 0 fully saturated rings. The summed E-state index contributed by atoms with van der Waals surface area (Å²) >= 11 is 0. The summed E-state index contributed by atoms with van der Waals surface area (Å²) in [5.41, 5.74) is 4.09. The van der Waals surface area contributed by atoms with Crippen molar-refractivity contribution in [3.05, 3.63) is 17.0 Å². The maximum Gasteiger partial charge on any atom is 0.0794 e. The van der Waals surface area contributed by atoms with Crippen molar-refractivity contribution in [2.24, 2.45) is 0 Å². The number of hydrogen-bond acceptors (Lipinski definition) is 2. The maximum atomic E-state index is 4.35. The molecule has 0 bridgehead atoms. The van der Waals surface area contributed by atoms with Gasteiger partial charge < -0.3 is 5.32 Å². The van der Waals surface area contributed by atoms with Crippen LogP contribution in [0.25, 0.3) is 0 Å². The van der Waals surface area contributed by atoms with E-state index in [2.05, 4.69) is 22.4 Å². The fraction of sp³-hybridized carbons (Fsp3) is 0.700. The van der Waals surface area contributed by atoms with Gasteiger partial charge in [0.2, 0.25) is 0 Å². The van der Waals surface area contributed by atoms with Crippen LogP contribution in [-0.4, -0.2) is 16.7 Å². The minimum absolute atomic E-state index is 0.919. The molecule has 0 saturated carbocycles. The third-order valence-electron chi connectivity index (χ3n) is 2.68.